The van der Waals surface area contributed by atoms with Gasteiger partial charge in [0.2, 0.25) is 0 Å². The van der Waals surface area contributed by atoms with Crippen LogP contribution in [0, 0.1) is 19.8 Å². The second kappa shape index (κ2) is 14.9. The Bertz CT molecular complexity index is 1330. The number of carbonyl (C=O) groups excluding carboxylic acids is 1. The van der Waals surface area contributed by atoms with Crippen LogP contribution in [0.25, 0.3) is 10.4 Å². The molecule has 1 saturated heterocycles. The van der Waals surface area contributed by atoms with Gasteiger partial charge >= 0.3 is 5.97 Å². The summed E-state index contributed by atoms with van der Waals surface area (Å²) < 4.78 is 0. The lowest BCUT2D eigenvalue weighted by atomic mass is 9.97. The summed E-state index contributed by atoms with van der Waals surface area (Å²) in [5.41, 5.74) is 7.57. The van der Waals surface area contributed by atoms with Gasteiger partial charge in [-0.3, -0.25) is 14.5 Å². The molecule has 0 radical (unpaired) electrons. The van der Waals surface area contributed by atoms with Crippen LogP contribution in [-0.4, -0.2) is 75.6 Å². The smallest absolute Gasteiger partial charge is 0.320 e. The van der Waals surface area contributed by atoms with Gasteiger partial charge in [0, 0.05) is 49.0 Å². The molecule has 0 spiro atoms. The number of carboxylic acids is 1. The summed E-state index contributed by atoms with van der Waals surface area (Å²) in [4.78, 5) is 42.8. The number of halogens is 2. The van der Waals surface area contributed by atoms with Crippen LogP contribution in [0.1, 0.15) is 47.4 Å². The van der Waals surface area contributed by atoms with E-state index in [4.69, 9.17) is 22.4 Å². The van der Waals surface area contributed by atoms with Gasteiger partial charge in [-0.25, -0.2) is 15.0 Å². The van der Waals surface area contributed by atoms with E-state index in [2.05, 4.69) is 37.0 Å². The van der Waals surface area contributed by atoms with Crippen LogP contribution in [0.4, 0.5) is 11.6 Å². The third-order valence-electron chi connectivity index (χ3n) is 7.08. The molecule has 4 rings (SSSR count). The molecule has 1 aromatic carbocycles. The van der Waals surface area contributed by atoms with Crippen molar-refractivity contribution in [3.05, 3.63) is 51.9 Å². The first-order chi connectivity index (χ1) is 19.1. The molecule has 1 amide bonds. The van der Waals surface area contributed by atoms with Crippen molar-refractivity contribution < 1.29 is 14.7 Å². The van der Waals surface area contributed by atoms with Gasteiger partial charge < -0.3 is 21.1 Å². The molecule has 2 aromatic heterocycles. The molecule has 3 aromatic rings. The molecule has 0 aliphatic carbocycles. The zero-order valence-electron chi connectivity index (χ0n) is 23.5. The molecule has 41 heavy (non-hydrogen) atoms. The van der Waals surface area contributed by atoms with E-state index in [1.54, 1.807) is 12.3 Å². The summed E-state index contributed by atoms with van der Waals surface area (Å²) in [6.07, 6.45) is 4.13. The molecule has 2 unspecified atom stereocenters. The first-order valence-electron chi connectivity index (χ1n) is 13.4. The number of hydrogen-bond acceptors (Lipinski definition) is 9. The van der Waals surface area contributed by atoms with Gasteiger partial charge in [0.15, 0.2) is 5.01 Å². The highest BCUT2D eigenvalue weighted by molar-refractivity contribution is 7.17. The highest BCUT2D eigenvalue weighted by Gasteiger charge is 2.21. The van der Waals surface area contributed by atoms with Crippen molar-refractivity contribution in [1.82, 2.24) is 19.9 Å². The Morgan fingerprint density at radius 1 is 1.20 bits per heavy atom. The lowest BCUT2D eigenvalue weighted by Crippen LogP contribution is -2.47. The number of benzene rings is 1. The Morgan fingerprint density at radius 3 is 2.61 bits per heavy atom. The zero-order chi connectivity index (χ0) is 28.8. The van der Waals surface area contributed by atoms with Crippen LogP contribution < -0.4 is 16.0 Å². The summed E-state index contributed by atoms with van der Waals surface area (Å²) in [5.74, 6) is 0.816. The number of thiazole rings is 1. The lowest BCUT2D eigenvalue weighted by Gasteiger charge is -2.35. The van der Waals surface area contributed by atoms with E-state index in [0.717, 1.165) is 67.4 Å². The van der Waals surface area contributed by atoms with Gasteiger partial charge in [0.05, 0.1) is 4.88 Å². The van der Waals surface area contributed by atoms with E-state index >= 15 is 0 Å². The molecular weight excluding hydrogens is 585 g/mol. The van der Waals surface area contributed by atoms with E-state index in [1.165, 1.54) is 11.3 Å². The predicted octanol–water partition coefficient (Wildman–Crippen LogP) is 4.88. The number of hydrogen-bond donors (Lipinski definition) is 3. The van der Waals surface area contributed by atoms with Crippen molar-refractivity contribution in [2.75, 3.05) is 42.9 Å². The first-order valence-corrected chi connectivity index (χ1v) is 14.6. The third-order valence-corrected chi connectivity index (χ3v) is 8.40. The van der Waals surface area contributed by atoms with Crippen molar-refractivity contribution >= 4 is 58.9 Å². The number of amides is 1. The van der Waals surface area contributed by atoms with Crippen molar-refractivity contribution in [2.24, 2.45) is 11.7 Å². The van der Waals surface area contributed by atoms with Crippen LogP contribution in [-0.2, 0) is 4.79 Å². The molecule has 3 heterocycles. The van der Waals surface area contributed by atoms with Crippen LogP contribution in [0.2, 0.25) is 5.02 Å². The number of carbonyl (C=O) groups is 2. The molecule has 1 aliphatic rings. The topological polar surface area (TPSA) is 138 Å². The average molecular weight is 623 g/mol. The van der Waals surface area contributed by atoms with Gasteiger partial charge in [-0.2, -0.15) is 0 Å². The maximum absolute atomic E-state index is 13.0. The molecule has 13 heteroatoms. The summed E-state index contributed by atoms with van der Waals surface area (Å²) in [7, 11) is 0. The number of anilines is 2. The lowest BCUT2D eigenvalue weighted by molar-refractivity contribution is -0.138. The SMILES string of the molecule is Cc1nc(NC(=O)c2ncc(-c3c(C)cccc3Cl)s2)cc(N2CCN(CCCC(C)CC(N)C(=O)O)CC2)n1.Cl. The van der Waals surface area contributed by atoms with Gasteiger partial charge in [0.1, 0.15) is 23.5 Å². The number of aryl methyl sites for hydroxylation is 2. The molecule has 0 saturated carbocycles. The van der Waals surface area contributed by atoms with Crippen LogP contribution in [0.3, 0.4) is 0 Å². The standard InChI is InChI=1S/C28H36ClN7O3S.ClH/c1-17(14-21(30)28(38)39)6-5-9-35-10-12-36(13-11-35)24-15-23(32-19(3)33-24)34-26(37)27-31-16-22(40-27)25-18(2)7-4-8-20(25)29;/h4,7-8,15-17,21H,5-6,9-14,30H2,1-3H3,(H,38,39)(H,32,33,34,37);1H. The number of rotatable bonds is 11. The second-order valence-electron chi connectivity index (χ2n) is 10.3. The largest absolute Gasteiger partial charge is 0.480 e. The predicted molar refractivity (Wildman–Crippen MR) is 167 cm³/mol. The number of aliphatic carboxylic acids is 1. The molecule has 1 fully saturated rings. The highest BCUT2D eigenvalue weighted by atomic mass is 35.5. The number of nitrogens with two attached hydrogens (primary N) is 1. The number of piperazine rings is 1. The van der Waals surface area contributed by atoms with E-state index in [-0.39, 0.29) is 24.2 Å². The summed E-state index contributed by atoms with van der Waals surface area (Å²) in [6, 6.07) is 6.72. The minimum absolute atomic E-state index is 0. The molecule has 2 atom stereocenters. The molecule has 4 N–H and O–H groups in total. The molecular formula is C28H37Cl2N7O3S. The quantitative estimate of drug-likeness (QED) is 0.273. The fourth-order valence-corrected chi connectivity index (χ4v) is 6.22. The normalized spacial score (nSPS) is 15.2. The van der Waals surface area contributed by atoms with Crippen molar-refractivity contribution in [3.63, 3.8) is 0 Å². The van der Waals surface area contributed by atoms with Gasteiger partial charge in [-0.1, -0.05) is 30.7 Å². The number of nitrogens with one attached hydrogen (secondary N) is 1. The third kappa shape index (κ3) is 8.83. The molecule has 0 bridgehead atoms. The summed E-state index contributed by atoms with van der Waals surface area (Å²) in [6.45, 7) is 10.2. The van der Waals surface area contributed by atoms with Gasteiger partial charge in [-0.15, -0.1) is 23.7 Å². The first kappa shape index (κ1) is 32.7. The fourth-order valence-electron chi connectivity index (χ4n) is 4.90. The van der Waals surface area contributed by atoms with Crippen molar-refractivity contribution in [1.29, 1.82) is 0 Å². The van der Waals surface area contributed by atoms with E-state index < -0.39 is 12.0 Å². The van der Waals surface area contributed by atoms with Crippen LogP contribution in [0.15, 0.2) is 30.5 Å². The summed E-state index contributed by atoms with van der Waals surface area (Å²) >= 11 is 7.69. The van der Waals surface area contributed by atoms with Crippen LogP contribution >= 0.6 is 35.3 Å². The zero-order valence-corrected chi connectivity index (χ0v) is 25.9. The Labute approximate surface area is 255 Å². The second-order valence-corrected chi connectivity index (χ2v) is 11.8. The van der Waals surface area contributed by atoms with E-state index in [9.17, 15) is 9.59 Å². The van der Waals surface area contributed by atoms with Gasteiger partial charge in [-0.05, 0) is 57.2 Å². The Hall–Kier alpha value is -2.83. The van der Waals surface area contributed by atoms with Crippen molar-refractivity contribution in [3.8, 4) is 10.4 Å². The van der Waals surface area contributed by atoms with Gasteiger partial charge in [0.25, 0.3) is 5.91 Å². The molecule has 1 aliphatic heterocycles. The summed E-state index contributed by atoms with van der Waals surface area (Å²) in [5, 5.41) is 12.8. The molecule has 222 valence electrons. The Kier molecular flexibility index (Phi) is 11.9. The highest BCUT2D eigenvalue weighted by Crippen LogP contribution is 2.35. The minimum atomic E-state index is -0.938. The maximum Gasteiger partial charge on any atom is 0.320 e. The van der Waals surface area contributed by atoms with Crippen LogP contribution in [0.5, 0.6) is 0 Å². The van der Waals surface area contributed by atoms with Crippen molar-refractivity contribution in [2.45, 2.75) is 46.1 Å². The van der Waals surface area contributed by atoms with E-state index in [1.807, 2.05) is 32.0 Å². The Balaban J connectivity index is 0.00000462. The number of aromatic nitrogens is 3. The fraction of sp³-hybridized carbons (Fsp3) is 0.464. The molecule has 10 nitrogen and oxygen atoms in total. The maximum atomic E-state index is 13.0. The Morgan fingerprint density at radius 2 is 1.93 bits per heavy atom. The van der Waals surface area contributed by atoms with E-state index in [0.29, 0.717) is 28.1 Å². The number of nitrogens with zero attached hydrogens (tertiary/aromatic N) is 5. The number of carboxylic acid groups (broad SMARTS) is 1. The average Bonchev–Trinajstić information content (AvgIpc) is 3.38. The minimum Gasteiger partial charge on any atom is -0.480 e. The monoisotopic (exact) mass is 621 g/mol.